The number of amides is 2. The van der Waals surface area contributed by atoms with Crippen LogP contribution in [0.3, 0.4) is 0 Å². The predicted octanol–water partition coefficient (Wildman–Crippen LogP) is 7.05. The lowest BCUT2D eigenvalue weighted by Gasteiger charge is -2.34. The average Bonchev–Trinajstić information content (AvgIpc) is 3.02. The maximum absolute atomic E-state index is 14.5. The molecule has 0 spiro atoms. The highest BCUT2D eigenvalue weighted by Crippen LogP contribution is 2.28. The number of benzene rings is 4. The molecule has 4 aromatic rings. The van der Waals surface area contributed by atoms with Gasteiger partial charge in [-0.25, -0.2) is 8.42 Å². The second kappa shape index (κ2) is 15.4. The van der Waals surface area contributed by atoms with Gasteiger partial charge in [-0.3, -0.25) is 13.9 Å². The molecule has 0 saturated heterocycles. The molecule has 0 fully saturated rings. The molecule has 0 saturated carbocycles. The maximum Gasteiger partial charge on any atom is 0.264 e. The predicted molar refractivity (Wildman–Crippen MR) is 181 cm³/mol. The normalized spacial score (nSPS) is 12.6. The first-order valence-electron chi connectivity index (χ1n) is 14.7. The molecule has 236 valence electrons. The summed E-state index contributed by atoms with van der Waals surface area (Å²) in [5, 5.41) is 3.73. The SMILES string of the molecule is CC[C@H](C)NC(=O)[C@@H](Cc1ccccc1)N(Cc1ccccc1C)C(=O)CN(c1cccc(Cl)c1)S(=O)(=O)c1ccc(Cl)cc1. The van der Waals surface area contributed by atoms with Crippen LogP contribution >= 0.6 is 23.2 Å². The zero-order valence-corrected chi connectivity index (χ0v) is 27.8. The average molecular weight is 667 g/mol. The smallest absolute Gasteiger partial charge is 0.264 e. The van der Waals surface area contributed by atoms with Crippen LogP contribution in [0.5, 0.6) is 0 Å². The second-order valence-corrected chi connectivity index (χ2v) is 13.7. The number of carbonyl (C=O) groups excluding carboxylic acids is 2. The molecule has 0 aliphatic rings. The van der Waals surface area contributed by atoms with Gasteiger partial charge in [0, 0.05) is 29.1 Å². The van der Waals surface area contributed by atoms with Gasteiger partial charge in [0.25, 0.3) is 10.0 Å². The van der Waals surface area contributed by atoms with Crippen molar-refractivity contribution >= 4 is 50.7 Å². The Kier molecular flexibility index (Phi) is 11.7. The molecule has 0 aliphatic heterocycles. The lowest BCUT2D eigenvalue weighted by atomic mass is 10.0. The minimum atomic E-state index is -4.26. The van der Waals surface area contributed by atoms with Gasteiger partial charge < -0.3 is 10.2 Å². The van der Waals surface area contributed by atoms with Gasteiger partial charge in [0.2, 0.25) is 11.8 Å². The van der Waals surface area contributed by atoms with Crippen molar-refractivity contribution < 1.29 is 18.0 Å². The van der Waals surface area contributed by atoms with Gasteiger partial charge in [-0.05, 0) is 79.4 Å². The van der Waals surface area contributed by atoms with Crippen molar-refractivity contribution in [2.75, 3.05) is 10.8 Å². The molecule has 2 atom stereocenters. The molecule has 45 heavy (non-hydrogen) atoms. The number of aryl methyl sites for hydroxylation is 1. The van der Waals surface area contributed by atoms with E-state index in [9.17, 15) is 18.0 Å². The van der Waals surface area contributed by atoms with Gasteiger partial charge in [0.05, 0.1) is 10.6 Å². The first-order chi connectivity index (χ1) is 21.5. The van der Waals surface area contributed by atoms with Crippen LogP contribution in [0.2, 0.25) is 10.0 Å². The summed E-state index contributed by atoms with van der Waals surface area (Å²) in [6.07, 6.45) is 0.944. The highest BCUT2D eigenvalue weighted by Gasteiger charge is 2.35. The van der Waals surface area contributed by atoms with E-state index < -0.39 is 28.5 Å². The minimum absolute atomic E-state index is 0.0412. The summed E-state index contributed by atoms with van der Waals surface area (Å²) in [7, 11) is -4.26. The summed E-state index contributed by atoms with van der Waals surface area (Å²) in [5.74, 6) is -0.860. The number of halogens is 2. The first kappa shape index (κ1) is 34.0. The van der Waals surface area contributed by atoms with E-state index in [1.807, 2.05) is 75.4 Å². The number of hydrogen-bond acceptors (Lipinski definition) is 4. The molecule has 4 rings (SSSR count). The number of rotatable bonds is 13. The fourth-order valence-corrected chi connectivity index (χ4v) is 6.58. The summed E-state index contributed by atoms with van der Waals surface area (Å²) in [4.78, 5) is 29.9. The molecule has 1 N–H and O–H groups in total. The number of nitrogens with zero attached hydrogens (tertiary/aromatic N) is 2. The molecule has 0 radical (unpaired) electrons. The fourth-order valence-electron chi connectivity index (χ4n) is 4.86. The molecule has 0 heterocycles. The van der Waals surface area contributed by atoms with Crippen LogP contribution in [0, 0.1) is 6.92 Å². The van der Waals surface area contributed by atoms with Crippen molar-refractivity contribution in [3.05, 3.63) is 130 Å². The quantitative estimate of drug-likeness (QED) is 0.166. The second-order valence-electron chi connectivity index (χ2n) is 10.9. The van der Waals surface area contributed by atoms with E-state index in [4.69, 9.17) is 23.2 Å². The molecule has 4 aromatic carbocycles. The van der Waals surface area contributed by atoms with E-state index in [-0.39, 0.29) is 35.5 Å². The van der Waals surface area contributed by atoms with Crippen molar-refractivity contribution in [1.29, 1.82) is 0 Å². The molecule has 0 unspecified atom stereocenters. The number of anilines is 1. The van der Waals surface area contributed by atoms with Crippen molar-refractivity contribution in [3.63, 3.8) is 0 Å². The van der Waals surface area contributed by atoms with E-state index in [0.717, 1.165) is 21.0 Å². The van der Waals surface area contributed by atoms with Crippen molar-refractivity contribution in [2.45, 2.75) is 57.1 Å². The van der Waals surface area contributed by atoms with Gasteiger partial charge in [-0.2, -0.15) is 0 Å². The number of nitrogens with one attached hydrogen (secondary N) is 1. The van der Waals surface area contributed by atoms with Crippen LogP contribution in [0.25, 0.3) is 0 Å². The summed E-state index contributed by atoms with van der Waals surface area (Å²) >= 11 is 12.3. The van der Waals surface area contributed by atoms with Crippen LogP contribution < -0.4 is 9.62 Å². The monoisotopic (exact) mass is 665 g/mol. The molecule has 0 aromatic heterocycles. The van der Waals surface area contributed by atoms with Gasteiger partial charge in [-0.15, -0.1) is 0 Å². The molecular weight excluding hydrogens is 629 g/mol. The zero-order valence-electron chi connectivity index (χ0n) is 25.5. The number of sulfonamides is 1. The number of hydrogen-bond donors (Lipinski definition) is 1. The van der Waals surface area contributed by atoms with E-state index in [1.54, 1.807) is 18.2 Å². The summed E-state index contributed by atoms with van der Waals surface area (Å²) < 4.78 is 29.2. The van der Waals surface area contributed by atoms with Crippen LogP contribution in [0.15, 0.2) is 108 Å². The van der Waals surface area contributed by atoms with Gasteiger partial charge in [0.1, 0.15) is 12.6 Å². The Balaban J connectivity index is 1.82. The van der Waals surface area contributed by atoms with Crippen LogP contribution in [-0.2, 0) is 32.6 Å². The molecule has 7 nitrogen and oxygen atoms in total. The Bertz CT molecular complexity index is 1720. The van der Waals surface area contributed by atoms with E-state index in [0.29, 0.717) is 16.5 Å². The molecule has 0 aliphatic carbocycles. The third-order valence-corrected chi connectivity index (χ3v) is 9.93. The topological polar surface area (TPSA) is 86.8 Å². The summed E-state index contributed by atoms with van der Waals surface area (Å²) in [5.41, 5.74) is 2.86. The van der Waals surface area contributed by atoms with Crippen LogP contribution in [0.1, 0.15) is 37.0 Å². The Hall–Kier alpha value is -3.85. The lowest BCUT2D eigenvalue weighted by molar-refractivity contribution is -0.140. The highest BCUT2D eigenvalue weighted by atomic mass is 35.5. The highest BCUT2D eigenvalue weighted by molar-refractivity contribution is 7.92. The third kappa shape index (κ3) is 8.87. The summed E-state index contributed by atoms with van der Waals surface area (Å²) in [6.45, 7) is 5.34. The van der Waals surface area contributed by atoms with Gasteiger partial charge in [0.15, 0.2) is 0 Å². The van der Waals surface area contributed by atoms with Crippen LogP contribution in [-0.4, -0.2) is 43.8 Å². The Labute approximate surface area is 275 Å². The lowest BCUT2D eigenvalue weighted by Crippen LogP contribution is -2.54. The van der Waals surface area contributed by atoms with Crippen molar-refractivity contribution in [2.24, 2.45) is 0 Å². The largest absolute Gasteiger partial charge is 0.352 e. The van der Waals surface area contributed by atoms with E-state index in [2.05, 4.69) is 5.32 Å². The minimum Gasteiger partial charge on any atom is -0.352 e. The maximum atomic E-state index is 14.5. The summed E-state index contributed by atoms with van der Waals surface area (Å²) in [6, 6.07) is 28.1. The Morgan fingerprint density at radius 1 is 0.844 bits per heavy atom. The van der Waals surface area contributed by atoms with Gasteiger partial charge >= 0.3 is 0 Å². The molecular formula is C35H37Cl2N3O4S. The zero-order chi connectivity index (χ0) is 32.6. The van der Waals surface area contributed by atoms with Crippen LogP contribution in [0.4, 0.5) is 5.69 Å². The van der Waals surface area contributed by atoms with E-state index >= 15 is 0 Å². The van der Waals surface area contributed by atoms with Crippen molar-refractivity contribution in [3.8, 4) is 0 Å². The third-order valence-electron chi connectivity index (χ3n) is 7.65. The van der Waals surface area contributed by atoms with Crippen molar-refractivity contribution in [1.82, 2.24) is 10.2 Å². The molecule has 2 amide bonds. The molecule has 10 heteroatoms. The Morgan fingerprint density at radius 2 is 1.51 bits per heavy atom. The molecule has 0 bridgehead atoms. The standard InChI is InChI=1S/C35H37Cl2N3O4S/c1-4-26(3)38-35(42)33(21-27-12-6-5-7-13-27)39(23-28-14-9-8-11-25(28)2)34(41)24-40(31-16-10-15-30(37)22-31)45(43,44)32-19-17-29(36)18-20-32/h5-20,22,26,33H,4,21,23-24H2,1-3H3,(H,38,42)/t26-,33+/m0/s1. The Morgan fingerprint density at radius 3 is 2.16 bits per heavy atom. The van der Waals surface area contributed by atoms with E-state index in [1.165, 1.54) is 35.2 Å². The number of carbonyl (C=O) groups is 2. The fraction of sp³-hybridized carbons (Fsp3) is 0.257. The first-order valence-corrected chi connectivity index (χ1v) is 16.9. The van der Waals surface area contributed by atoms with Gasteiger partial charge in [-0.1, -0.05) is 90.8 Å².